The summed E-state index contributed by atoms with van der Waals surface area (Å²) in [7, 11) is 0. The van der Waals surface area contributed by atoms with Gasteiger partial charge in [0.05, 0.1) is 16.6 Å². The highest BCUT2D eigenvalue weighted by molar-refractivity contribution is 9.10. The number of nitrogens with zero attached hydrogens (tertiary/aromatic N) is 1. The summed E-state index contributed by atoms with van der Waals surface area (Å²) in [5, 5.41) is 0.882. The zero-order chi connectivity index (χ0) is 10.8. The Labute approximate surface area is 94.8 Å². The van der Waals surface area contributed by atoms with Crippen LogP contribution < -0.4 is 0 Å². The van der Waals surface area contributed by atoms with Crippen LogP contribution in [-0.4, -0.2) is 22.5 Å². The number of esters is 1. The predicted molar refractivity (Wildman–Crippen MR) is 59.8 cm³/mol. The molecule has 0 aliphatic carbocycles. The van der Waals surface area contributed by atoms with Gasteiger partial charge in [0.1, 0.15) is 5.69 Å². The zero-order valence-electron chi connectivity index (χ0n) is 8.08. The number of hydrogen-bond acceptors (Lipinski definition) is 3. The smallest absolute Gasteiger partial charge is 0.354 e. The number of halogens is 1. The highest BCUT2D eigenvalue weighted by Gasteiger charge is 2.11. The molecule has 5 heteroatoms. The topological polar surface area (TPSA) is 55.0 Å². The molecular weight excluding hydrogens is 260 g/mol. The second-order valence-electron chi connectivity index (χ2n) is 2.99. The third kappa shape index (κ3) is 1.87. The first-order valence-corrected chi connectivity index (χ1v) is 5.31. The largest absolute Gasteiger partial charge is 0.461 e. The molecule has 0 unspecified atom stereocenters. The van der Waals surface area contributed by atoms with Gasteiger partial charge in [-0.05, 0) is 28.9 Å². The van der Waals surface area contributed by atoms with Gasteiger partial charge in [0.15, 0.2) is 0 Å². The molecule has 0 aliphatic heterocycles. The minimum atomic E-state index is -0.347. The van der Waals surface area contributed by atoms with Gasteiger partial charge in [-0.3, -0.25) is 4.98 Å². The third-order valence-electron chi connectivity index (χ3n) is 1.98. The molecule has 0 fully saturated rings. The van der Waals surface area contributed by atoms with Crippen LogP contribution in [0.5, 0.6) is 0 Å². The van der Waals surface area contributed by atoms with E-state index in [1.165, 1.54) is 0 Å². The Bertz CT molecular complexity index is 507. The van der Waals surface area contributed by atoms with Gasteiger partial charge < -0.3 is 9.72 Å². The lowest BCUT2D eigenvalue weighted by Gasteiger charge is -1.96. The number of aromatic nitrogens is 2. The minimum Gasteiger partial charge on any atom is -0.461 e. The van der Waals surface area contributed by atoms with Crippen LogP contribution in [0.25, 0.3) is 10.9 Å². The lowest BCUT2D eigenvalue weighted by molar-refractivity contribution is 0.0520. The molecule has 0 amide bonds. The van der Waals surface area contributed by atoms with Crippen LogP contribution >= 0.6 is 15.9 Å². The number of carbonyl (C=O) groups is 1. The SMILES string of the molecule is CCOC(=O)c1cc2cncc(Br)c2[nH]1. The third-order valence-corrected chi connectivity index (χ3v) is 2.59. The number of hydrogen-bond donors (Lipinski definition) is 1. The van der Waals surface area contributed by atoms with Crippen molar-refractivity contribution >= 4 is 32.8 Å². The summed E-state index contributed by atoms with van der Waals surface area (Å²) in [6, 6.07) is 1.73. The highest BCUT2D eigenvalue weighted by atomic mass is 79.9. The fourth-order valence-corrected chi connectivity index (χ4v) is 1.78. The minimum absolute atomic E-state index is 0.347. The number of ether oxygens (including phenoxy) is 1. The van der Waals surface area contributed by atoms with Crippen LogP contribution in [0.1, 0.15) is 17.4 Å². The molecule has 0 radical (unpaired) electrons. The lowest BCUT2D eigenvalue weighted by atomic mass is 10.3. The molecule has 1 N–H and O–H groups in total. The summed E-state index contributed by atoms with van der Waals surface area (Å²) in [5.74, 6) is -0.347. The Morgan fingerprint density at radius 3 is 3.07 bits per heavy atom. The number of pyridine rings is 1. The van der Waals surface area contributed by atoms with Gasteiger partial charge in [-0.2, -0.15) is 0 Å². The van der Waals surface area contributed by atoms with E-state index in [1.54, 1.807) is 25.4 Å². The van der Waals surface area contributed by atoms with Gasteiger partial charge in [-0.1, -0.05) is 0 Å². The molecule has 2 aromatic heterocycles. The monoisotopic (exact) mass is 268 g/mol. The first-order valence-electron chi connectivity index (χ1n) is 4.51. The van der Waals surface area contributed by atoms with Crippen LogP contribution in [0, 0.1) is 0 Å². The van der Waals surface area contributed by atoms with E-state index in [0.29, 0.717) is 12.3 Å². The van der Waals surface area contributed by atoms with E-state index >= 15 is 0 Å². The number of rotatable bonds is 2. The van der Waals surface area contributed by atoms with Gasteiger partial charge in [-0.15, -0.1) is 0 Å². The van der Waals surface area contributed by atoms with Gasteiger partial charge in [0, 0.05) is 17.8 Å². The van der Waals surface area contributed by atoms with Crippen molar-refractivity contribution in [3.8, 4) is 0 Å². The Morgan fingerprint density at radius 2 is 2.40 bits per heavy atom. The van der Waals surface area contributed by atoms with E-state index in [-0.39, 0.29) is 5.97 Å². The van der Waals surface area contributed by atoms with Crippen molar-refractivity contribution in [3.63, 3.8) is 0 Å². The summed E-state index contributed by atoms with van der Waals surface area (Å²) in [4.78, 5) is 18.4. The summed E-state index contributed by atoms with van der Waals surface area (Å²) < 4.78 is 5.72. The summed E-state index contributed by atoms with van der Waals surface area (Å²) in [6.45, 7) is 2.14. The number of aromatic amines is 1. The average molecular weight is 269 g/mol. The molecule has 0 spiro atoms. The molecule has 78 valence electrons. The fraction of sp³-hybridized carbons (Fsp3) is 0.200. The number of fused-ring (bicyclic) bond motifs is 1. The Balaban J connectivity index is 2.47. The van der Waals surface area contributed by atoms with Crippen LogP contribution in [0.2, 0.25) is 0 Å². The molecule has 2 aromatic rings. The maximum Gasteiger partial charge on any atom is 0.354 e. The second kappa shape index (κ2) is 4.02. The van der Waals surface area contributed by atoms with Crippen molar-refractivity contribution in [2.24, 2.45) is 0 Å². The Hall–Kier alpha value is -1.36. The standard InChI is InChI=1S/C10H9BrN2O2/c1-2-15-10(14)8-3-6-4-12-5-7(11)9(6)13-8/h3-5,13H,2H2,1H3. The van der Waals surface area contributed by atoms with Gasteiger partial charge in [0.25, 0.3) is 0 Å². The molecule has 0 bridgehead atoms. The maximum atomic E-state index is 11.4. The first kappa shape index (κ1) is 10.2. The van der Waals surface area contributed by atoms with Gasteiger partial charge in [-0.25, -0.2) is 4.79 Å². The molecule has 0 aromatic carbocycles. The van der Waals surface area contributed by atoms with E-state index in [1.807, 2.05) is 0 Å². The van der Waals surface area contributed by atoms with E-state index < -0.39 is 0 Å². The highest BCUT2D eigenvalue weighted by Crippen LogP contribution is 2.22. The van der Waals surface area contributed by atoms with E-state index in [9.17, 15) is 4.79 Å². The van der Waals surface area contributed by atoms with Gasteiger partial charge >= 0.3 is 5.97 Å². The number of H-pyrrole nitrogens is 1. The van der Waals surface area contributed by atoms with Crippen molar-refractivity contribution < 1.29 is 9.53 Å². The quantitative estimate of drug-likeness (QED) is 0.852. The zero-order valence-corrected chi connectivity index (χ0v) is 9.67. The molecule has 0 atom stereocenters. The van der Waals surface area contributed by atoms with E-state index in [0.717, 1.165) is 15.4 Å². The molecule has 15 heavy (non-hydrogen) atoms. The molecule has 2 heterocycles. The Kier molecular flexibility index (Phi) is 2.73. The Morgan fingerprint density at radius 1 is 1.60 bits per heavy atom. The predicted octanol–water partition coefficient (Wildman–Crippen LogP) is 2.50. The van der Waals surface area contributed by atoms with Crippen LogP contribution in [-0.2, 0) is 4.74 Å². The van der Waals surface area contributed by atoms with Crippen molar-refractivity contribution in [1.82, 2.24) is 9.97 Å². The summed E-state index contributed by atoms with van der Waals surface area (Å²) in [6.07, 6.45) is 3.37. The first-order chi connectivity index (χ1) is 7.22. The van der Waals surface area contributed by atoms with E-state index in [2.05, 4.69) is 25.9 Å². The average Bonchev–Trinajstić information content (AvgIpc) is 2.63. The molecule has 2 rings (SSSR count). The van der Waals surface area contributed by atoms with Crippen LogP contribution in [0.15, 0.2) is 22.9 Å². The van der Waals surface area contributed by atoms with Crippen LogP contribution in [0.3, 0.4) is 0 Å². The van der Waals surface area contributed by atoms with Crippen molar-refractivity contribution in [2.75, 3.05) is 6.61 Å². The number of nitrogens with one attached hydrogen (secondary N) is 1. The number of carbonyl (C=O) groups excluding carboxylic acids is 1. The van der Waals surface area contributed by atoms with Crippen LogP contribution in [0.4, 0.5) is 0 Å². The maximum absolute atomic E-state index is 11.4. The molecule has 0 saturated heterocycles. The summed E-state index contributed by atoms with van der Waals surface area (Å²) in [5.41, 5.74) is 1.30. The lowest BCUT2D eigenvalue weighted by Crippen LogP contribution is -2.04. The van der Waals surface area contributed by atoms with E-state index in [4.69, 9.17) is 4.74 Å². The van der Waals surface area contributed by atoms with Crippen molar-refractivity contribution in [3.05, 3.63) is 28.6 Å². The molecule has 0 saturated carbocycles. The molecule has 4 nitrogen and oxygen atoms in total. The second-order valence-corrected chi connectivity index (χ2v) is 3.84. The molecule has 0 aliphatic rings. The van der Waals surface area contributed by atoms with Gasteiger partial charge in [0.2, 0.25) is 0 Å². The normalized spacial score (nSPS) is 10.5. The van der Waals surface area contributed by atoms with Crippen molar-refractivity contribution in [1.29, 1.82) is 0 Å². The fourth-order valence-electron chi connectivity index (χ4n) is 1.34. The van der Waals surface area contributed by atoms with Crippen molar-refractivity contribution in [2.45, 2.75) is 6.92 Å². The summed E-state index contributed by atoms with van der Waals surface area (Å²) >= 11 is 3.35. The molecular formula is C10H9BrN2O2.